The zero-order chi connectivity index (χ0) is 14.3. The molecular weight excluding hydrogens is 270 g/mol. The van der Waals surface area contributed by atoms with Gasteiger partial charge in [0.05, 0.1) is 5.56 Å². The summed E-state index contributed by atoms with van der Waals surface area (Å²) in [6, 6.07) is 8.53. The summed E-state index contributed by atoms with van der Waals surface area (Å²) in [7, 11) is 0. The number of alkyl halides is 3. The van der Waals surface area contributed by atoms with E-state index in [0.29, 0.717) is 11.1 Å². The van der Waals surface area contributed by atoms with Crippen LogP contribution >= 0.6 is 0 Å². The summed E-state index contributed by atoms with van der Waals surface area (Å²) >= 11 is 0. The Morgan fingerprint density at radius 2 is 1.65 bits per heavy atom. The molecular formula is C15H11F4N. The van der Waals surface area contributed by atoms with Crippen LogP contribution < -0.4 is 5.32 Å². The van der Waals surface area contributed by atoms with E-state index in [1.165, 1.54) is 6.07 Å². The average Bonchev–Trinajstić information content (AvgIpc) is 2.85. The van der Waals surface area contributed by atoms with Crippen molar-refractivity contribution in [1.82, 2.24) is 0 Å². The van der Waals surface area contributed by atoms with Crippen molar-refractivity contribution >= 4 is 5.69 Å². The summed E-state index contributed by atoms with van der Waals surface area (Å²) in [5, 5.41) is 3.18. The van der Waals surface area contributed by atoms with Crippen LogP contribution in [-0.4, -0.2) is 6.54 Å². The monoisotopic (exact) mass is 281 g/mol. The molecule has 0 saturated carbocycles. The van der Waals surface area contributed by atoms with Crippen LogP contribution in [0.25, 0.3) is 11.1 Å². The van der Waals surface area contributed by atoms with Crippen LogP contribution in [0.15, 0.2) is 36.4 Å². The number of fused-ring (bicyclic) bond motifs is 1. The number of anilines is 1. The van der Waals surface area contributed by atoms with E-state index in [0.717, 1.165) is 36.3 Å². The fraction of sp³-hybridized carbons (Fsp3) is 0.200. The summed E-state index contributed by atoms with van der Waals surface area (Å²) < 4.78 is 51.4. The van der Waals surface area contributed by atoms with Crippen LogP contribution in [0.3, 0.4) is 0 Å². The Morgan fingerprint density at radius 1 is 0.950 bits per heavy atom. The van der Waals surface area contributed by atoms with Gasteiger partial charge in [0.1, 0.15) is 5.82 Å². The second kappa shape index (κ2) is 4.51. The van der Waals surface area contributed by atoms with Crippen molar-refractivity contribution in [3.63, 3.8) is 0 Å². The Bertz CT molecular complexity index is 661. The van der Waals surface area contributed by atoms with Crippen LogP contribution in [0.5, 0.6) is 0 Å². The molecule has 20 heavy (non-hydrogen) atoms. The van der Waals surface area contributed by atoms with Gasteiger partial charge in [-0.3, -0.25) is 0 Å². The molecule has 0 spiro atoms. The number of hydrogen-bond acceptors (Lipinski definition) is 1. The van der Waals surface area contributed by atoms with Crippen molar-refractivity contribution in [1.29, 1.82) is 0 Å². The maximum atomic E-state index is 13.3. The molecule has 0 aliphatic carbocycles. The molecule has 1 aliphatic rings. The van der Waals surface area contributed by atoms with Gasteiger partial charge in [0.2, 0.25) is 0 Å². The zero-order valence-electron chi connectivity index (χ0n) is 10.4. The molecule has 0 unspecified atom stereocenters. The van der Waals surface area contributed by atoms with Gasteiger partial charge in [0.25, 0.3) is 0 Å². The molecule has 1 heterocycles. The highest BCUT2D eigenvalue weighted by Crippen LogP contribution is 2.35. The molecule has 0 bridgehead atoms. The van der Waals surface area contributed by atoms with Crippen molar-refractivity contribution in [2.24, 2.45) is 0 Å². The largest absolute Gasteiger partial charge is 0.419 e. The Kier molecular flexibility index (Phi) is 2.92. The van der Waals surface area contributed by atoms with Crippen molar-refractivity contribution in [2.75, 3.05) is 11.9 Å². The smallest absolute Gasteiger partial charge is 0.384 e. The van der Waals surface area contributed by atoms with Crippen molar-refractivity contribution in [2.45, 2.75) is 12.6 Å². The molecule has 1 N–H and O–H groups in total. The second-order valence-electron chi connectivity index (χ2n) is 4.74. The third-order valence-electron chi connectivity index (χ3n) is 3.42. The summed E-state index contributed by atoms with van der Waals surface area (Å²) in [4.78, 5) is 0. The van der Waals surface area contributed by atoms with Crippen LogP contribution in [0.4, 0.5) is 23.2 Å². The first-order valence-electron chi connectivity index (χ1n) is 6.19. The van der Waals surface area contributed by atoms with E-state index >= 15 is 0 Å². The minimum Gasteiger partial charge on any atom is -0.384 e. The van der Waals surface area contributed by atoms with Crippen molar-refractivity contribution in [3.8, 4) is 11.1 Å². The first-order valence-corrected chi connectivity index (χ1v) is 6.19. The molecule has 0 aromatic heterocycles. The van der Waals surface area contributed by atoms with Gasteiger partial charge < -0.3 is 5.32 Å². The molecule has 0 saturated heterocycles. The third-order valence-corrected chi connectivity index (χ3v) is 3.42. The van der Waals surface area contributed by atoms with Gasteiger partial charge in [-0.05, 0) is 47.4 Å². The normalized spacial score (nSPS) is 14.0. The van der Waals surface area contributed by atoms with Gasteiger partial charge in [0, 0.05) is 12.2 Å². The van der Waals surface area contributed by atoms with Crippen LogP contribution in [0.2, 0.25) is 0 Å². The maximum Gasteiger partial charge on any atom is 0.419 e. The van der Waals surface area contributed by atoms with Gasteiger partial charge in [-0.2, -0.15) is 13.2 Å². The molecule has 0 amide bonds. The van der Waals surface area contributed by atoms with E-state index in [1.807, 2.05) is 12.1 Å². The van der Waals surface area contributed by atoms with Crippen molar-refractivity contribution in [3.05, 3.63) is 53.3 Å². The van der Waals surface area contributed by atoms with Gasteiger partial charge in [-0.25, -0.2) is 4.39 Å². The lowest BCUT2D eigenvalue weighted by Gasteiger charge is -2.11. The zero-order valence-corrected chi connectivity index (χ0v) is 10.4. The third kappa shape index (κ3) is 2.24. The molecule has 1 aliphatic heterocycles. The summed E-state index contributed by atoms with van der Waals surface area (Å²) in [5.74, 6) is -1.25. The molecule has 1 nitrogen and oxygen atoms in total. The van der Waals surface area contributed by atoms with E-state index in [-0.39, 0.29) is 0 Å². The average molecular weight is 281 g/mol. The van der Waals surface area contributed by atoms with Gasteiger partial charge in [0.15, 0.2) is 0 Å². The molecule has 2 aromatic rings. The second-order valence-corrected chi connectivity index (χ2v) is 4.74. The Balaban J connectivity index is 2.07. The van der Waals surface area contributed by atoms with E-state index in [1.54, 1.807) is 6.07 Å². The fourth-order valence-electron chi connectivity index (χ4n) is 2.41. The Morgan fingerprint density at radius 3 is 2.40 bits per heavy atom. The summed E-state index contributed by atoms with van der Waals surface area (Å²) in [5.41, 5.74) is 1.88. The minimum absolute atomic E-state index is 0.369. The highest BCUT2D eigenvalue weighted by Gasteiger charge is 2.34. The highest BCUT2D eigenvalue weighted by atomic mass is 19.4. The van der Waals surface area contributed by atoms with Crippen molar-refractivity contribution < 1.29 is 17.6 Å². The molecule has 0 fully saturated rings. The molecule has 104 valence electrons. The standard InChI is InChI=1S/C15H11F4N/c16-13-3-1-10(8-12(13)15(17,18)19)9-2-4-14-11(7-9)5-6-20-14/h1-4,7-8,20H,5-6H2. The van der Waals surface area contributed by atoms with E-state index in [4.69, 9.17) is 0 Å². The number of nitrogens with one attached hydrogen (secondary N) is 1. The topological polar surface area (TPSA) is 12.0 Å². The first-order chi connectivity index (χ1) is 9.45. The van der Waals surface area contributed by atoms with Crippen LogP contribution in [-0.2, 0) is 12.6 Å². The lowest BCUT2D eigenvalue weighted by Crippen LogP contribution is -2.08. The van der Waals surface area contributed by atoms with E-state index < -0.39 is 17.6 Å². The quantitative estimate of drug-likeness (QED) is 0.760. The number of hydrogen-bond donors (Lipinski definition) is 1. The van der Waals surface area contributed by atoms with Gasteiger partial charge >= 0.3 is 6.18 Å². The molecule has 2 aromatic carbocycles. The van der Waals surface area contributed by atoms with E-state index in [2.05, 4.69) is 5.32 Å². The molecule has 0 atom stereocenters. The lowest BCUT2D eigenvalue weighted by atomic mass is 9.99. The predicted molar refractivity (Wildman–Crippen MR) is 69.0 cm³/mol. The summed E-state index contributed by atoms with van der Waals surface area (Å²) in [6.45, 7) is 0.829. The SMILES string of the molecule is Fc1ccc(-c2ccc3c(c2)CCN3)cc1C(F)(F)F. The number of halogens is 4. The Hall–Kier alpha value is -2.04. The number of rotatable bonds is 1. The molecule has 0 radical (unpaired) electrons. The lowest BCUT2D eigenvalue weighted by molar-refractivity contribution is -0.139. The number of benzene rings is 2. The molecule has 5 heteroatoms. The van der Waals surface area contributed by atoms with Gasteiger partial charge in [-0.15, -0.1) is 0 Å². The highest BCUT2D eigenvalue weighted by molar-refractivity contribution is 5.70. The minimum atomic E-state index is -4.68. The van der Waals surface area contributed by atoms with Crippen LogP contribution in [0.1, 0.15) is 11.1 Å². The summed E-state index contributed by atoms with van der Waals surface area (Å²) in [6.07, 6.45) is -3.84. The molecule has 3 rings (SSSR count). The Labute approximate surface area is 113 Å². The first kappa shape index (κ1) is 13.0. The van der Waals surface area contributed by atoms with Crippen LogP contribution in [0, 0.1) is 5.82 Å². The van der Waals surface area contributed by atoms with Gasteiger partial charge in [-0.1, -0.05) is 12.1 Å². The maximum absolute atomic E-state index is 13.3. The fourth-order valence-corrected chi connectivity index (χ4v) is 2.41. The van der Waals surface area contributed by atoms with E-state index in [9.17, 15) is 17.6 Å². The predicted octanol–water partition coefficient (Wildman–Crippen LogP) is 4.48.